The number of carbonyl (C=O) groups is 2. The summed E-state index contributed by atoms with van der Waals surface area (Å²) in [6, 6.07) is 2.49. The van der Waals surface area contributed by atoms with Crippen LogP contribution >= 0.6 is 12.6 Å². The SMILES string of the molecule is O=C(O)c1cc(OCCCCCCCCCCS)cc(C(=O)O)n1. The fourth-order valence-corrected chi connectivity index (χ4v) is 2.50. The van der Waals surface area contributed by atoms with Gasteiger partial charge in [0.05, 0.1) is 6.61 Å². The molecule has 24 heavy (non-hydrogen) atoms. The van der Waals surface area contributed by atoms with Gasteiger partial charge in [-0.1, -0.05) is 38.5 Å². The minimum atomic E-state index is -1.28. The smallest absolute Gasteiger partial charge is 0.354 e. The summed E-state index contributed by atoms with van der Waals surface area (Å²) >= 11 is 4.18. The number of thiol groups is 1. The van der Waals surface area contributed by atoms with E-state index in [0.29, 0.717) is 6.61 Å². The van der Waals surface area contributed by atoms with Crippen molar-refractivity contribution in [1.82, 2.24) is 4.98 Å². The molecule has 0 aliphatic rings. The first-order chi connectivity index (χ1) is 11.5. The van der Waals surface area contributed by atoms with Crippen molar-refractivity contribution in [1.29, 1.82) is 0 Å². The standard InChI is InChI=1S/C17H25NO5S/c19-16(20)14-11-13(12-15(18-14)17(21)22)23-9-7-5-3-1-2-4-6-8-10-24/h11-12,24H,1-10H2,(H,19,20)(H,21,22). The zero-order valence-corrected chi connectivity index (χ0v) is 14.6. The second kappa shape index (κ2) is 11.7. The molecule has 1 aromatic heterocycles. The highest BCUT2D eigenvalue weighted by Crippen LogP contribution is 2.16. The molecule has 1 rings (SSSR count). The van der Waals surface area contributed by atoms with E-state index < -0.39 is 11.9 Å². The van der Waals surface area contributed by atoms with Gasteiger partial charge in [-0.25, -0.2) is 14.6 Å². The van der Waals surface area contributed by atoms with E-state index in [1.54, 1.807) is 0 Å². The number of carboxylic acids is 2. The molecule has 6 nitrogen and oxygen atoms in total. The van der Waals surface area contributed by atoms with Crippen LogP contribution in [0.1, 0.15) is 72.3 Å². The quantitative estimate of drug-likeness (QED) is 0.367. The third kappa shape index (κ3) is 8.19. The summed E-state index contributed by atoms with van der Waals surface area (Å²) in [5, 5.41) is 17.9. The highest BCUT2D eigenvalue weighted by Gasteiger charge is 2.13. The molecule has 0 fully saturated rings. The highest BCUT2D eigenvalue weighted by atomic mass is 32.1. The number of carboxylic acid groups (broad SMARTS) is 2. The van der Waals surface area contributed by atoms with E-state index in [1.807, 2.05) is 0 Å². The summed E-state index contributed by atoms with van der Waals surface area (Å²) in [5.74, 6) is -1.37. The number of nitrogens with zero attached hydrogens (tertiary/aromatic N) is 1. The molecule has 0 spiro atoms. The van der Waals surface area contributed by atoms with Crippen LogP contribution in [0.3, 0.4) is 0 Å². The molecule has 0 atom stereocenters. The lowest BCUT2D eigenvalue weighted by atomic mass is 10.1. The molecule has 0 bridgehead atoms. The minimum Gasteiger partial charge on any atom is -0.493 e. The third-order valence-electron chi connectivity index (χ3n) is 3.56. The van der Waals surface area contributed by atoms with Crippen LogP contribution in [0.2, 0.25) is 0 Å². The van der Waals surface area contributed by atoms with Crippen LogP contribution in [0.4, 0.5) is 0 Å². The largest absolute Gasteiger partial charge is 0.493 e. The van der Waals surface area contributed by atoms with Gasteiger partial charge in [0.1, 0.15) is 5.75 Å². The summed E-state index contributed by atoms with van der Waals surface area (Å²) in [7, 11) is 0. The maximum absolute atomic E-state index is 11.0. The van der Waals surface area contributed by atoms with Crippen molar-refractivity contribution in [2.75, 3.05) is 12.4 Å². The van der Waals surface area contributed by atoms with Crippen LogP contribution in [0.15, 0.2) is 12.1 Å². The lowest BCUT2D eigenvalue weighted by Gasteiger charge is -2.08. The molecular weight excluding hydrogens is 330 g/mol. The second-order valence-electron chi connectivity index (χ2n) is 5.58. The summed E-state index contributed by atoms with van der Waals surface area (Å²) in [4.78, 5) is 25.5. The Balaban J connectivity index is 2.27. The molecule has 1 heterocycles. The molecular formula is C17H25NO5S. The third-order valence-corrected chi connectivity index (χ3v) is 3.87. The zero-order chi connectivity index (χ0) is 17.8. The van der Waals surface area contributed by atoms with Gasteiger partial charge in [0.25, 0.3) is 0 Å². The molecule has 7 heteroatoms. The summed E-state index contributed by atoms with van der Waals surface area (Å²) in [6.45, 7) is 0.432. The molecule has 0 aliphatic heterocycles. The van der Waals surface area contributed by atoms with Gasteiger partial charge in [-0.15, -0.1) is 0 Å². The molecule has 2 N–H and O–H groups in total. The van der Waals surface area contributed by atoms with Crippen LogP contribution in [0.25, 0.3) is 0 Å². The molecule has 0 saturated carbocycles. The number of aromatic carboxylic acids is 2. The second-order valence-corrected chi connectivity index (χ2v) is 6.03. The molecule has 134 valence electrons. The Hall–Kier alpha value is -1.76. The van der Waals surface area contributed by atoms with E-state index >= 15 is 0 Å². The average Bonchev–Trinajstić information content (AvgIpc) is 2.56. The minimum absolute atomic E-state index is 0.228. The van der Waals surface area contributed by atoms with Gasteiger partial charge in [0.15, 0.2) is 11.4 Å². The Labute approximate surface area is 147 Å². The molecule has 0 unspecified atom stereocenters. The fourth-order valence-electron chi connectivity index (χ4n) is 2.27. The molecule has 0 aliphatic carbocycles. The molecule has 0 saturated heterocycles. The number of hydrogen-bond donors (Lipinski definition) is 3. The van der Waals surface area contributed by atoms with E-state index in [4.69, 9.17) is 14.9 Å². The van der Waals surface area contributed by atoms with E-state index in [1.165, 1.54) is 44.2 Å². The number of pyridine rings is 1. The predicted molar refractivity (Wildman–Crippen MR) is 94.4 cm³/mol. The molecule has 0 aromatic carbocycles. The number of ether oxygens (including phenoxy) is 1. The summed E-state index contributed by atoms with van der Waals surface area (Å²) in [5.41, 5.74) is -0.655. The van der Waals surface area contributed by atoms with Crippen molar-refractivity contribution in [3.8, 4) is 5.75 Å². The Morgan fingerprint density at radius 3 is 1.79 bits per heavy atom. The molecule has 0 amide bonds. The first-order valence-corrected chi connectivity index (χ1v) is 8.90. The van der Waals surface area contributed by atoms with Crippen molar-refractivity contribution < 1.29 is 24.5 Å². The number of hydrogen-bond acceptors (Lipinski definition) is 5. The van der Waals surface area contributed by atoms with E-state index in [0.717, 1.165) is 25.0 Å². The maximum atomic E-state index is 11.0. The first kappa shape index (κ1) is 20.3. The number of aromatic nitrogens is 1. The number of unbranched alkanes of at least 4 members (excludes halogenated alkanes) is 7. The monoisotopic (exact) mass is 355 g/mol. The van der Waals surface area contributed by atoms with E-state index in [-0.39, 0.29) is 17.1 Å². The van der Waals surface area contributed by atoms with E-state index in [9.17, 15) is 9.59 Å². The number of rotatable bonds is 13. The van der Waals surface area contributed by atoms with Gasteiger partial charge in [0.2, 0.25) is 0 Å². The van der Waals surface area contributed by atoms with Crippen LogP contribution in [-0.2, 0) is 0 Å². The first-order valence-electron chi connectivity index (χ1n) is 8.27. The van der Waals surface area contributed by atoms with Gasteiger partial charge in [-0.05, 0) is 18.6 Å². The van der Waals surface area contributed by atoms with Crippen LogP contribution in [0, 0.1) is 0 Å². The maximum Gasteiger partial charge on any atom is 0.354 e. The Bertz CT molecular complexity index is 503. The van der Waals surface area contributed by atoms with E-state index in [2.05, 4.69) is 17.6 Å². The van der Waals surface area contributed by atoms with Gasteiger partial charge in [-0.3, -0.25) is 0 Å². The van der Waals surface area contributed by atoms with Gasteiger partial charge < -0.3 is 14.9 Å². The normalized spacial score (nSPS) is 10.5. The Morgan fingerprint density at radius 1 is 0.875 bits per heavy atom. The summed E-state index contributed by atoms with van der Waals surface area (Å²) in [6.07, 6.45) is 9.15. The average molecular weight is 355 g/mol. The lowest BCUT2D eigenvalue weighted by Crippen LogP contribution is -2.09. The van der Waals surface area contributed by atoms with Crippen molar-refractivity contribution in [3.05, 3.63) is 23.5 Å². The zero-order valence-electron chi connectivity index (χ0n) is 13.7. The van der Waals surface area contributed by atoms with Gasteiger partial charge >= 0.3 is 11.9 Å². The van der Waals surface area contributed by atoms with Crippen molar-refractivity contribution in [2.24, 2.45) is 0 Å². The lowest BCUT2D eigenvalue weighted by molar-refractivity contribution is 0.0684. The van der Waals surface area contributed by atoms with Gasteiger partial charge in [0, 0.05) is 12.1 Å². The van der Waals surface area contributed by atoms with Crippen LogP contribution < -0.4 is 4.74 Å². The van der Waals surface area contributed by atoms with Crippen molar-refractivity contribution in [2.45, 2.75) is 51.4 Å². The van der Waals surface area contributed by atoms with Crippen molar-refractivity contribution in [3.63, 3.8) is 0 Å². The highest BCUT2D eigenvalue weighted by molar-refractivity contribution is 7.80. The Morgan fingerprint density at radius 2 is 1.33 bits per heavy atom. The van der Waals surface area contributed by atoms with Crippen LogP contribution in [0.5, 0.6) is 5.75 Å². The molecule has 1 aromatic rings. The van der Waals surface area contributed by atoms with Crippen LogP contribution in [-0.4, -0.2) is 39.5 Å². The predicted octanol–water partition coefficient (Wildman–Crippen LogP) is 3.91. The van der Waals surface area contributed by atoms with Crippen molar-refractivity contribution >= 4 is 24.6 Å². The fraction of sp³-hybridized carbons (Fsp3) is 0.588. The van der Waals surface area contributed by atoms with Gasteiger partial charge in [-0.2, -0.15) is 12.6 Å². The topological polar surface area (TPSA) is 96.7 Å². The molecule has 0 radical (unpaired) electrons. The summed E-state index contributed by atoms with van der Waals surface area (Å²) < 4.78 is 5.47. The Kier molecular flexibility index (Phi) is 9.91.